The molecule has 3 rings (SSSR count). The van der Waals surface area contributed by atoms with E-state index in [9.17, 15) is 9.59 Å². The fourth-order valence-corrected chi connectivity index (χ4v) is 169. The highest BCUT2D eigenvalue weighted by Crippen LogP contribution is 3.18. The molecule has 0 aromatic carbocycles. The molecule has 5 nitrogen and oxygen atoms in total. The van der Waals surface area contributed by atoms with Gasteiger partial charge in [0.1, 0.15) is 12.0 Å². The number of hydrogen-bond donors (Lipinski definition) is 0. The van der Waals surface area contributed by atoms with Crippen LogP contribution in [-0.2, 0) is 23.4 Å². The molecule has 47 heavy (non-hydrogen) atoms. The van der Waals surface area contributed by atoms with Crippen molar-refractivity contribution in [1.82, 2.24) is 0 Å². The Morgan fingerprint density at radius 2 is 1.36 bits per heavy atom. The summed E-state index contributed by atoms with van der Waals surface area (Å²) < 4.78 is 21.1. The van der Waals surface area contributed by atoms with Crippen molar-refractivity contribution in [1.29, 1.82) is 0 Å². The molecule has 0 spiro atoms. The normalized spacial score (nSPS) is 34.1. The number of ether oxygens (including phenoxy) is 1. The van der Waals surface area contributed by atoms with Gasteiger partial charge in [-0.2, -0.15) is 0 Å². The SMILES string of the molecule is CC1=C2C(OP(P(P)P)P(PP)P(P)P)C(C)[C@]3(C)C(C)OC(=O)C3C(=O)C(CC1OP(P(P)P(P)P)P(P(P)P)P(P)P)C2(C)C. The predicted octanol–water partition coefficient (Wildman–Crippen LogP) is 15.9. The Kier molecular flexibility index (Phi) is 22.9. The van der Waals surface area contributed by atoms with Gasteiger partial charge in [-0.3, -0.25) is 9.59 Å². The van der Waals surface area contributed by atoms with E-state index in [1.807, 2.05) is 6.92 Å². The summed E-state index contributed by atoms with van der Waals surface area (Å²) in [6.45, 7) is 9.87. The molecule has 1 saturated carbocycles. The minimum absolute atomic E-state index is 0.0299. The summed E-state index contributed by atoms with van der Waals surface area (Å²) >= 11 is 0. The van der Waals surface area contributed by atoms with Crippen LogP contribution in [0.25, 0.3) is 0 Å². The molecule has 0 aromatic heterocycles. The Morgan fingerprint density at radius 3 is 1.81 bits per heavy atom. The molecule has 3 aliphatic rings. The molecular formula is C19H51O5P23. The molecule has 2 fully saturated rings. The number of ketones is 1. The van der Waals surface area contributed by atoms with Crippen molar-refractivity contribution < 1.29 is 23.4 Å². The highest BCUT2D eigenvalue weighted by atomic mass is 33.2. The number of cyclic esters (lactones) is 1. The van der Waals surface area contributed by atoms with E-state index in [0.29, 0.717) is 6.42 Å². The van der Waals surface area contributed by atoms with Gasteiger partial charge >= 0.3 is 5.97 Å². The number of fused-ring (bicyclic) bond motifs is 3. The molecule has 0 aromatic rings. The summed E-state index contributed by atoms with van der Waals surface area (Å²) in [7, 11) is 36.3. The van der Waals surface area contributed by atoms with Crippen molar-refractivity contribution in [3.8, 4) is 0 Å². The van der Waals surface area contributed by atoms with Gasteiger partial charge in [0.2, 0.25) is 0 Å². The molecule has 272 valence electrons. The summed E-state index contributed by atoms with van der Waals surface area (Å²) in [5, 5.41) is 0. The molecule has 23 unspecified atom stereocenters. The second-order valence-electron chi connectivity index (χ2n) is 12.2. The fourth-order valence-electron chi connectivity index (χ4n) is 6.75. The fraction of sp³-hybridized carbons (Fsp3) is 0.789. The van der Waals surface area contributed by atoms with Crippen LogP contribution in [0.3, 0.4) is 0 Å². The Hall–Kier alpha value is 8.69. The molecule has 2 aliphatic carbocycles. The average Bonchev–Trinajstić information content (AvgIpc) is 3.18. The average molecular weight is 1070 g/mol. The van der Waals surface area contributed by atoms with Gasteiger partial charge in [0.05, 0.1) is 27.3 Å². The first-order chi connectivity index (χ1) is 21.6. The lowest BCUT2D eigenvalue weighted by molar-refractivity contribution is -0.150. The zero-order chi connectivity index (χ0) is 36.1. The van der Waals surface area contributed by atoms with Crippen LogP contribution in [0.2, 0.25) is 0 Å². The number of rotatable bonds is 13. The van der Waals surface area contributed by atoms with E-state index >= 15 is 0 Å². The lowest BCUT2D eigenvalue weighted by Crippen LogP contribution is -2.57. The van der Waals surface area contributed by atoms with E-state index in [1.54, 1.807) is 0 Å². The highest BCUT2D eigenvalue weighted by molar-refractivity contribution is 9.19. The molecule has 1 aliphatic heterocycles. The number of hydrogen-bond acceptors (Lipinski definition) is 5. The van der Waals surface area contributed by atoms with E-state index in [0.717, 1.165) is 7.96 Å². The van der Waals surface area contributed by atoms with Crippen LogP contribution in [-0.4, -0.2) is 30.1 Å². The van der Waals surface area contributed by atoms with Crippen molar-refractivity contribution >= 4 is 198 Å². The van der Waals surface area contributed by atoms with Crippen LogP contribution in [0.1, 0.15) is 48.0 Å². The van der Waals surface area contributed by atoms with Crippen LogP contribution >= 0.6 is 186 Å². The van der Waals surface area contributed by atoms with Crippen molar-refractivity contribution in [2.45, 2.75) is 66.3 Å². The second-order valence-corrected chi connectivity index (χ2v) is 95.5. The third kappa shape index (κ3) is 11.2. The summed E-state index contributed by atoms with van der Waals surface area (Å²) in [6, 6.07) is 0. The molecule has 0 radical (unpaired) electrons. The summed E-state index contributed by atoms with van der Waals surface area (Å²) in [5.41, 5.74) is 1.30. The van der Waals surface area contributed by atoms with Crippen molar-refractivity contribution in [2.24, 2.45) is 28.6 Å². The topological polar surface area (TPSA) is 61.8 Å². The minimum atomic E-state index is -0.808. The maximum Gasteiger partial charge on any atom is 0.317 e. The molecule has 0 amide bonds. The number of carbonyl (C=O) groups excluding carboxylic acids is 2. The van der Waals surface area contributed by atoms with Crippen LogP contribution in [0, 0.1) is 28.6 Å². The van der Waals surface area contributed by atoms with Gasteiger partial charge in [-0.1, -0.05) is 44.6 Å². The van der Waals surface area contributed by atoms with Gasteiger partial charge in [-0.25, -0.2) is 0 Å². The first-order valence-electron chi connectivity index (χ1n) is 14.0. The molecule has 2 bridgehead atoms. The zero-order valence-corrected chi connectivity index (χ0v) is 50.9. The minimum Gasteiger partial charge on any atom is -0.461 e. The number of esters is 1. The van der Waals surface area contributed by atoms with Gasteiger partial charge in [0, 0.05) is 32.3 Å². The van der Waals surface area contributed by atoms with Crippen molar-refractivity contribution in [3.05, 3.63) is 11.1 Å². The van der Waals surface area contributed by atoms with Crippen molar-refractivity contribution in [2.75, 3.05) is 0 Å². The van der Waals surface area contributed by atoms with Gasteiger partial charge in [0.25, 0.3) is 0 Å². The van der Waals surface area contributed by atoms with E-state index in [-0.39, 0.29) is 76.8 Å². The summed E-state index contributed by atoms with van der Waals surface area (Å²) in [4.78, 5) is 28.6. The maximum atomic E-state index is 14.9. The van der Waals surface area contributed by atoms with E-state index in [1.165, 1.54) is 11.1 Å². The van der Waals surface area contributed by atoms with Gasteiger partial charge < -0.3 is 13.8 Å². The molecule has 24 atom stereocenters. The first kappa shape index (κ1) is 50.0. The summed E-state index contributed by atoms with van der Waals surface area (Å²) in [5.74, 6) is -1.63. The molecule has 28 heteroatoms. The molecular weight excluding hydrogens is 1020 g/mol. The van der Waals surface area contributed by atoms with Crippen LogP contribution in [0.15, 0.2) is 11.1 Å². The molecule has 1 heterocycles. The molecule has 0 N–H and O–H groups in total. The van der Waals surface area contributed by atoms with E-state index < -0.39 is 52.8 Å². The van der Waals surface area contributed by atoms with E-state index in [4.69, 9.17) is 13.8 Å². The monoisotopic (exact) mass is 1070 g/mol. The third-order valence-corrected chi connectivity index (χ3v) is 127. The Morgan fingerprint density at radius 1 is 0.809 bits per heavy atom. The van der Waals surface area contributed by atoms with Crippen molar-refractivity contribution in [3.63, 3.8) is 0 Å². The highest BCUT2D eigenvalue weighted by Gasteiger charge is 2.66. The Balaban J connectivity index is 2.34. The largest absolute Gasteiger partial charge is 0.461 e. The van der Waals surface area contributed by atoms with Crippen LogP contribution < -0.4 is 0 Å². The van der Waals surface area contributed by atoms with Crippen LogP contribution in [0.5, 0.6) is 0 Å². The lowest BCUT2D eigenvalue weighted by Gasteiger charge is -2.54. The third-order valence-electron chi connectivity index (χ3n) is 9.40. The quantitative estimate of drug-likeness (QED) is 0.0796. The van der Waals surface area contributed by atoms with Gasteiger partial charge in [-0.15, -0.1) is 98.2 Å². The number of Topliss-reactive ketones (excluding diaryl/α,β-unsaturated/α-hetero) is 1. The smallest absolute Gasteiger partial charge is 0.317 e. The maximum absolute atomic E-state index is 14.9. The molecule has 1 saturated heterocycles. The van der Waals surface area contributed by atoms with E-state index in [2.05, 4.69) is 142 Å². The summed E-state index contributed by atoms with van der Waals surface area (Å²) in [6.07, 6.45) is -0.238. The first-order valence-corrected chi connectivity index (χ1v) is 54.4. The lowest BCUT2D eigenvalue weighted by atomic mass is 9.51. The Bertz CT molecular complexity index is 1160. The zero-order valence-electron chi connectivity index (χ0n) is 27.1. The standard InChI is InChI=1S/C19H51O5P23/c1-8-12(23-39(45(36)41(28)29)47(43(32)33)44(34)35)7-11-15(20)14-17(21)22-10(3)19(14,6)9(2)16(13(8)18(11,4)5)24-38(40(26)27)46(37-25)42(30)31/h9-12,14,16,37H,7,25-36H2,1-6H3/t9?,10?,11?,12?,14?,16?,19-,38?,39?,45?,46?/m1/s1. The predicted molar refractivity (Wildman–Crippen MR) is 280 cm³/mol. The second kappa shape index (κ2) is 21.5. The van der Waals surface area contributed by atoms with Gasteiger partial charge in [-0.05, 0) is 77.7 Å². The van der Waals surface area contributed by atoms with Gasteiger partial charge in [0.15, 0.2) is 5.78 Å². The Labute approximate surface area is 324 Å². The van der Waals surface area contributed by atoms with Crippen LogP contribution in [0.4, 0.5) is 0 Å². The number of carbonyl (C=O) groups is 2.